The molecule has 0 aliphatic carbocycles. The third kappa shape index (κ3) is 7.41. The van der Waals surface area contributed by atoms with Crippen LogP contribution in [0.25, 0.3) is 10.8 Å². The average molecular weight is 603 g/mol. The van der Waals surface area contributed by atoms with Crippen LogP contribution in [0.4, 0.5) is 0 Å². The van der Waals surface area contributed by atoms with Crippen molar-refractivity contribution >= 4 is 40.4 Å². The number of likely N-dealkylation sites (N-methyl/N-ethyl adjacent to an activating group) is 1. The first-order valence-electron chi connectivity index (χ1n) is 14.5. The molecular weight excluding hydrogens is 564 g/mol. The average Bonchev–Trinajstić information content (AvgIpc) is 3.24. The first-order chi connectivity index (χ1) is 21.0. The number of carboxylic acids is 1. The Hall–Kier alpha value is -4.77. The fourth-order valence-electron chi connectivity index (χ4n) is 5.33. The molecule has 0 bridgehead atoms. The highest BCUT2D eigenvalue weighted by molar-refractivity contribution is 6.23. The van der Waals surface area contributed by atoms with E-state index in [1.165, 1.54) is 7.05 Å². The maximum atomic E-state index is 13.5. The Morgan fingerprint density at radius 2 is 1.45 bits per heavy atom. The highest BCUT2D eigenvalue weighted by atomic mass is 16.5. The van der Waals surface area contributed by atoms with Crippen LogP contribution < -0.4 is 20.7 Å². The monoisotopic (exact) mass is 602 g/mol. The number of ether oxygens (including phenoxy) is 1. The zero-order valence-corrected chi connectivity index (χ0v) is 25.3. The quantitative estimate of drug-likeness (QED) is 0.206. The van der Waals surface area contributed by atoms with Crippen LogP contribution >= 0.6 is 0 Å². The molecule has 3 aromatic carbocycles. The van der Waals surface area contributed by atoms with Gasteiger partial charge in [-0.05, 0) is 59.4 Å². The van der Waals surface area contributed by atoms with Gasteiger partial charge < -0.3 is 20.5 Å². The largest absolute Gasteiger partial charge is 0.497 e. The van der Waals surface area contributed by atoms with Crippen LogP contribution in [0.5, 0.6) is 5.75 Å². The molecule has 1 aliphatic heterocycles. The van der Waals surface area contributed by atoms with Crippen LogP contribution in [-0.2, 0) is 20.8 Å². The number of carboxylic acid groups (broad SMARTS) is 1. The summed E-state index contributed by atoms with van der Waals surface area (Å²) in [6, 6.07) is 14.8. The molecule has 3 aromatic rings. The number of fused-ring (bicyclic) bond motifs is 2. The number of nitrogens with zero attached hydrogens (tertiary/aromatic N) is 1. The molecule has 0 aromatic heterocycles. The minimum absolute atomic E-state index is 0.0121. The van der Waals surface area contributed by atoms with Gasteiger partial charge in [0.1, 0.15) is 17.8 Å². The Bertz CT molecular complexity index is 1500. The van der Waals surface area contributed by atoms with Crippen LogP contribution in [0.15, 0.2) is 60.7 Å². The van der Waals surface area contributed by atoms with Gasteiger partial charge in [-0.1, -0.05) is 50.2 Å². The maximum Gasteiger partial charge on any atom is 0.320 e. The molecule has 1 heterocycles. The smallest absolute Gasteiger partial charge is 0.320 e. The summed E-state index contributed by atoms with van der Waals surface area (Å²) in [5.74, 6) is -2.45. The molecule has 0 radical (unpaired) electrons. The van der Waals surface area contributed by atoms with Crippen molar-refractivity contribution in [3.8, 4) is 5.75 Å². The summed E-state index contributed by atoms with van der Waals surface area (Å²) in [5, 5.41) is 19.9. The number of aliphatic carboxylic acids is 1. The summed E-state index contributed by atoms with van der Waals surface area (Å²) < 4.78 is 5.18. The number of carbonyl (C=O) groups excluding carboxylic acids is 4. The fraction of sp³-hybridized carbons (Fsp3) is 0.364. The normalized spacial score (nSPS) is 14.7. The first-order valence-corrected chi connectivity index (χ1v) is 14.5. The molecule has 11 heteroatoms. The highest BCUT2D eigenvalue weighted by Crippen LogP contribution is 2.28. The standard InChI is InChI=1S/C33H38N4O7/c1-19(2)15-27(30(39)36-28(29(38)34-3)16-20-9-11-23(44-4)12-10-20)35-26(33(42)43)13-14-37-31(40)24-17-21-7-5-6-8-22(21)18-25(24)32(37)41/h5-12,17-19,26-28,35H,13-16H2,1-4H3,(H,34,38)(H,36,39)(H,42,43)/t26-,27+,28+/m1/s1. The van der Waals surface area contributed by atoms with E-state index >= 15 is 0 Å². The molecule has 0 unspecified atom stereocenters. The van der Waals surface area contributed by atoms with Crippen molar-refractivity contribution in [2.75, 3.05) is 20.7 Å². The number of imide groups is 1. The molecule has 0 spiro atoms. The second-order valence-electron chi connectivity index (χ2n) is 11.3. The summed E-state index contributed by atoms with van der Waals surface area (Å²) in [6.45, 7) is 3.64. The molecule has 0 saturated carbocycles. The lowest BCUT2D eigenvalue weighted by molar-refractivity contribution is -0.140. The molecule has 4 amide bonds. The topological polar surface area (TPSA) is 154 Å². The lowest BCUT2D eigenvalue weighted by atomic mass is 9.99. The van der Waals surface area contributed by atoms with E-state index in [0.29, 0.717) is 5.75 Å². The van der Waals surface area contributed by atoms with Crippen LogP contribution in [0, 0.1) is 5.92 Å². The van der Waals surface area contributed by atoms with Crippen LogP contribution in [0.1, 0.15) is 53.0 Å². The third-order valence-electron chi connectivity index (χ3n) is 7.68. The van der Waals surface area contributed by atoms with Gasteiger partial charge >= 0.3 is 5.97 Å². The molecule has 11 nitrogen and oxygen atoms in total. The van der Waals surface area contributed by atoms with Gasteiger partial charge in [-0.3, -0.25) is 34.2 Å². The highest BCUT2D eigenvalue weighted by Gasteiger charge is 2.37. The fourth-order valence-corrected chi connectivity index (χ4v) is 5.33. The molecule has 1 aliphatic rings. The lowest BCUT2D eigenvalue weighted by Crippen LogP contribution is -2.56. The van der Waals surface area contributed by atoms with Gasteiger partial charge in [0.2, 0.25) is 11.8 Å². The predicted octanol–water partition coefficient (Wildman–Crippen LogP) is 2.77. The van der Waals surface area contributed by atoms with E-state index in [-0.39, 0.29) is 42.9 Å². The number of rotatable bonds is 14. The van der Waals surface area contributed by atoms with Crippen molar-refractivity contribution in [1.29, 1.82) is 0 Å². The molecule has 3 atom stereocenters. The van der Waals surface area contributed by atoms with Crippen molar-refractivity contribution in [1.82, 2.24) is 20.9 Å². The first kappa shape index (κ1) is 32.2. The minimum Gasteiger partial charge on any atom is -0.497 e. The van der Waals surface area contributed by atoms with Gasteiger partial charge in [0.15, 0.2) is 0 Å². The molecule has 44 heavy (non-hydrogen) atoms. The number of benzene rings is 3. The second-order valence-corrected chi connectivity index (χ2v) is 11.3. The number of methoxy groups -OCH3 is 1. The molecular formula is C33H38N4O7. The maximum absolute atomic E-state index is 13.5. The SMILES string of the molecule is CNC(=O)[C@H](Cc1ccc(OC)cc1)NC(=O)[C@H](CC(C)C)N[C@H](CCN1C(=O)c2cc3ccccc3cc2C1=O)C(=O)O. The zero-order chi connectivity index (χ0) is 32.0. The predicted molar refractivity (Wildman–Crippen MR) is 164 cm³/mol. The Morgan fingerprint density at radius 1 is 0.864 bits per heavy atom. The number of hydrogen-bond donors (Lipinski definition) is 4. The summed E-state index contributed by atoms with van der Waals surface area (Å²) in [6.07, 6.45) is 0.381. The van der Waals surface area contributed by atoms with E-state index in [2.05, 4.69) is 16.0 Å². The van der Waals surface area contributed by atoms with E-state index in [0.717, 1.165) is 21.2 Å². The third-order valence-corrected chi connectivity index (χ3v) is 7.68. The lowest BCUT2D eigenvalue weighted by Gasteiger charge is -2.27. The van der Waals surface area contributed by atoms with E-state index in [1.807, 2.05) is 38.1 Å². The number of nitrogens with one attached hydrogen (secondary N) is 3. The van der Waals surface area contributed by atoms with E-state index in [9.17, 15) is 29.1 Å². The van der Waals surface area contributed by atoms with E-state index < -0.39 is 47.7 Å². The summed E-state index contributed by atoms with van der Waals surface area (Å²) in [4.78, 5) is 65.8. The second kappa shape index (κ2) is 14.1. The Labute approximate surface area is 255 Å². The Balaban J connectivity index is 1.46. The Kier molecular flexibility index (Phi) is 10.3. The Morgan fingerprint density at radius 3 is 1.95 bits per heavy atom. The number of amides is 4. The molecule has 232 valence electrons. The van der Waals surface area contributed by atoms with Gasteiger partial charge in [0.25, 0.3) is 11.8 Å². The van der Waals surface area contributed by atoms with Crippen molar-refractivity contribution in [3.63, 3.8) is 0 Å². The zero-order valence-electron chi connectivity index (χ0n) is 25.3. The number of carbonyl (C=O) groups is 5. The molecule has 4 N–H and O–H groups in total. The van der Waals surface area contributed by atoms with E-state index in [1.54, 1.807) is 43.5 Å². The van der Waals surface area contributed by atoms with Gasteiger partial charge in [-0.25, -0.2) is 0 Å². The molecule has 4 rings (SSSR count). The van der Waals surface area contributed by atoms with Crippen molar-refractivity contribution in [2.24, 2.45) is 5.92 Å². The van der Waals surface area contributed by atoms with Crippen LogP contribution in [0.3, 0.4) is 0 Å². The van der Waals surface area contributed by atoms with E-state index in [4.69, 9.17) is 4.74 Å². The van der Waals surface area contributed by atoms with Crippen LogP contribution in [-0.4, -0.2) is 78.4 Å². The van der Waals surface area contributed by atoms with Gasteiger partial charge in [0, 0.05) is 20.0 Å². The van der Waals surface area contributed by atoms with Gasteiger partial charge in [0.05, 0.1) is 24.3 Å². The van der Waals surface area contributed by atoms with Gasteiger partial charge in [-0.15, -0.1) is 0 Å². The van der Waals surface area contributed by atoms with Crippen molar-refractivity contribution < 1.29 is 33.8 Å². The summed E-state index contributed by atoms with van der Waals surface area (Å²) >= 11 is 0. The minimum atomic E-state index is -1.24. The number of hydrogen-bond acceptors (Lipinski definition) is 7. The summed E-state index contributed by atoms with van der Waals surface area (Å²) in [7, 11) is 3.03. The summed E-state index contributed by atoms with van der Waals surface area (Å²) in [5.41, 5.74) is 1.36. The van der Waals surface area contributed by atoms with Gasteiger partial charge in [-0.2, -0.15) is 0 Å². The van der Waals surface area contributed by atoms with Crippen LogP contribution in [0.2, 0.25) is 0 Å². The molecule has 0 saturated heterocycles. The van der Waals surface area contributed by atoms with Crippen molar-refractivity contribution in [2.45, 2.75) is 51.2 Å². The van der Waals surface area contributed by atoms with Crippen molar-refractivity contribution in [3.05, 3.63) is 77.4 Å². The molecule has 0 fully saturated rings.